The fourth-order valence-corrected chi connectivity index (χ4v) is 4.79. The zero-order valence-corrected chi connectivity index (χ0v) is 19.8. The molecule has 2 aliphatic heterocycles. The highest BCUT2D eigenvalue weighted by molar-refractivity contribution is 6.41. The summed E-state index contributed by atoms with van der Waals surface area (Å²) in [5.41, 5.74) is 5.23. The molecule has 5 nitrogen and oxygen atoms in total. The number of nitrogens with zero attached hydrogens (tertiary/aromatic N) is 3. The Kier molecular flexibility index (Phi) is 6.77. The van der Waals surface area contributed by atoms with Crippen molar-refractivity contribution in [1.29, 1.82) is 0 Å². The van der Waals surface area contributed by atoms with Gasteiger partial charge < -0.3 is 0 Å². The predicted octanol–water partition coefficient (Wildman–Crippen LogP) is 5.96. The van der Waals surface area contributed by atoms with E-state index in [1.54, 1.807) is 12.1 Å². The molecule has 2 aromatic rings. The summed E-state index contributed by atoms with van der Waals surface area (Å²) < 4.78 is 0. The topological polar surface area (TPSA) is 47.9 Å². The Bertz CT molecular complexity index is 987. The SMILES string of the molecule is CC1CCN(NC(=O)C2=NN(c3ccc(Cl)cc3Cl)[C@@H](c3ccc(Cl)cc3)[C@H]2C)CC1. The highest BCUT2D eigenvalue weighted by Gasteiger charge is 2.40. The molecule has 0 radical (unpaired) electrons. The van der Waals surface area contributed by atoms with Crippen LogP contribution in [0.1, 0.15) is 38.3 Å². The lowest BCUT2D eigenvalue weighted by atomic mass is 9.91. The van der Waals surface area contributed by atoms with Gasteiger partial charge in [0.2, 0.25) is 0 Å². The third kappa shape index (κ3) is 4.85. The number of hydrazine groups is 1. The molecule has 0 aliphatic carbocycles. The van der Waals surface area contributed by atoms with Crippen molar-refractivity contribution in [1.82, 2.24) is 10.4 Å². The van der Waals surface area contributed by atoms with Gasteiger partial charge in [0, 0.05) is 29.1 Å². The molecule has 31 heavy (non-hydrogen) atoms. The van der Waals surface area contributed by atoms with Crippen LogP contribution in [0, 0.1) is 11.8 Å². The average Bonchev–Trinajstić information content (AvgIpc) is 3.07. The van der Waals surface area contributed by atoms with Crippen molar-refractivity contribution >= 4 is 52.1 Å². The monoisotopic (exact) mass is 478 g/mol. The number of nitrogens with one attached hydrogen (secondary N) is 1. The van der Waals surface area contributed by atoms with Crippen molar-refractivity contribution < 1.29 is 4.79 Å². The minimum absolute atomic E-state index is 0.156. The maximum Gasteiger partial charge on any atom is 0.282 e. The lowest BCUT2D eigenvalue weighted by Crippen LogP contribution is -2.49. The predicted molar refractivity (Wildman–Crippen MR) is 128 cm³/mol. The van der Waals surface area contributed by atoms with Gasteiger partial charge in [-0.05, 0) is 54.7 Å². The smallest absolute Gasteiger partial charge is 0.282 e. The number of carbonyl (C=O) groups excluding carboxylic acids is 1. The van der Waals surface area contributed by atoms with Gasteiger partial charge in [-0.15, -0.1) is 0 Å². The van der Waals surface area contributed by atoms with Crippen LogP contribution in [-0.4, -0.2) is 29.7 Å². The van der Waals surface area contributed by atoms with Crippen LogP contribution in [0.4, 0.5) is 5.69 Å². The molecule has 0 aromatic heterocycles. The number of amides is 1. The second-order valence-corrected chi connectivity index (χ2v) is 9.60. The Morgan fingerprint density at radius 2 is 1.65 bits per heavy atom. The summed E-state index contributed by atoms with van der Waals surface area (Å²) in [7, 11) is 0. The van der Waals surface area contributed by atoms with Crippen molar-refractivity contribution in [3.63, 3.8) is 0 Å². The summed E-state index contributed by atoms with van der Waals surface area (Å²) >= 11 is 18.7. The molecule has 1 amide bonds. The van der Waals surface area contributed by atoms with Gasteiger partial charge in [-0.3, -0.25) is 15.2 Å². The Labute approximate surface area is 197 Å². The second-order valence-electron chi connectivity index (χ2n) is 8.32. The van der Waals surface area contributed by atoms with E-state index in [-0.39, 0.29) is 17.9 Å². The van der Waals surface area contributed by atoms with Gasteiger partial charge >= 0.3 is 0 Å². The minimum atomic E-state index is -0.196. The number of hydrogen-bond acceptors (Lipinski definition) is 4. The number of hydrogen-bond donors (Lipinski definition) is 1. The lowest BCUT2D eigenvalue weighted by molar-refractivity contribution is -0.120. The summed E-state index contributed by atoms with van der Waals surface area (Å²) in [6.45, 7) is 5.95. The Balaban J connectivity index is 1.65. The number of anilines is 1. The normalized spacial score (nSPS) is 22.5. The zero-order valence-electron chi connectivity index (χ0n) is 17.5. The largest absolute Gasteiger partial charge is 0.284 e. The summed E-state index contributed by atoms with van der Waals surface area (Å²) in [5.74, 6) is 0.359. The molecule has 0 unspecified atom stereocenters. The fraction of sp³-hybridized carbons (Fsp3) is 0.391. The van der Waals surface area contributed by atoms with Crippen molar-refractivity contribution in [3.05, 3.63) is 63.1 Å². The van der Waals surface area contributed by atoms with Gasteiger partial charge in [0.25, 0.3) is 5.91 Å². The van der Waals surface area contributed by atoms with Crippen LogP contribution >= 0.6 is 34.8 Å². The third-order valence-corrected chi connectivity index (χ3v) is 6.82. The number of benzene rings is 2. The lowest BCUT2D eigenvalue weighted by Gasteiger charge is -2.30. The standard InChI is InChI=1S/C23H25Cl3N4O/c1-14-9-11-29(12-10-14)28-23(31)21-15(2)22(16-3-5-17(24)6-4-16)30(27-21)20-8-7-18(25)13-19(20)26/h3-8,13-15,22H,9-12H2,1-2H3,(H,28,31)/t15-,22+/m0/s1. The maximum atomic E-state index is 13.2. The average molecular weight is 480 g/mol. The van der Waals surface area contributed by atoms with E-state index >= 15 is 0 Å². The molecular formula is C23H25Cl3N4O. The second kappa shape index (κ2) is 9.37. The fourth-order valence-electron chi connectivity index (χ4n) is 4.16. The molecule has 0 spiro atoms. The molecule has 2 aromatic carbocycles. The summed E-state index contributed by atoms with van der Waals surface area (Å²) in [4.78, 5) is 13.2. The van der Waals surface area contributed by atoms with E-state index in [1.807, 2.05) is 47.3 Å². The highest BCUT2D eigenvalue weighted by Crippen LogP contribution is 2.42. The minimum Gasteiger partial charge on any atom is -0.284 e. The Morgan fingerprint density at radius 1 is 1.00 bits per heavy atom. The first-order chi connectivity index (χ1) is 14.8. The maximum absolute atomic E-state index is 13.2. The van der Waals surface area contributed by atoms with Gasteiger partial charge in [0.15, 0.2) is 0 Å². The van der Waals surface area contributed by atoms with E-state index in [1.165, 1.54) is 0 Å². The van der Waals surface area contributed by atoms with Crippen LogP contribution in [0.3, 0.4) is 0 Å². The Morgan fingerprint density at radius 3 is 2.29 bits per heavy atom. The summed E-state index contributed by atoms with van der Waals surface area (Å²) in [6.07, 6.45) is 2.14. The number of hydrazone groups is 1. The molecule has 0 bridgehead atoms. The van der Waals surface area contributed by atoms with Crippen molar-refractivity contribution in [2.24, 2.45) is 16.9 Å². The van der Waals surface area contributed by atoms with Crippen LogP contribution in [0.25, 0.3) is 0 Å². The van der Waals surface area contributed by atoms with Crippen LogP contribution < -0.4 is 10.4 Å². The number of halogens is 3. The molecule has 2 atom stereocenters. The first kappa shape index (κ1) is 22.4. The summed E-state index contributed by atoms with van der Waals surface area (Å²) in [6, 6.07) is 12.7. The number of rotatable bonds is 4. The van der Waals surface area contributed by atoms with Gasteiger partial charge in [-0.25, -0.2) is 5.01 Å². The highest BCUT2D eigenvalue weighted by atomic mass is 35.5. The van der Waals surface area contributed by atoms with E-state index in [9.17, 15) is 4.79 Å². The van der Waals surface area contributed by atoms with Gasteiger partial charge in [-0.1, -0.05) is 60.8 Å². The molecular weight excluding hydrogens is 455 g/mol. The molecule has 2 aliphatic rings. The van der Waals surface area contributed by atoms with Crippen molar-refractivity contribution in [3.8, 4) is 0 Å². The number of carbonyl (C=O) groups is 1. The quantitative estimate of drug-likeness (QED) is 0.588. The third-order valence-electron chi connectivity index (χ3n) is 6.03. The molecule has 1 N–H and O–H groups in total. The molecule has 1 fully saturated rings. The van der Waals surface area contributed by atoms with Gasteiger partial charge in [0.1, 0.15) is 5.71 Å². The first-order valence-electron chi connectivity index (χ1n) is 10.5. The van der Waals surface area contributed by atoms with E-state index in [2.05, 4.69) is 12.3 Å². The van der Waals surface area contributed by atoms with Gasteiger partial charge in [0.05, 0.1) is 16.8 Å². The van der Waals surface area contributed by atoms with E-state index in [0.29, 0.717) is 32.4 Å². The molecule has 2 heterocycles. The van der Waals surface area contributed by atoms with Crippen LogP contribution in [-0.2, 0) is 4.79 Å². The van der Waals surface area contributed by atoms with Crippen LogP contribution in [0.5, 0.6) is 0 Å². The molecule has 1 saturated heterocycles. The van der Waals surface area contributed by atoms with Crippen LogP contribution in [0.2, 0.25) is 15.1 Å². The van der Waals surface area contributed by atoms with Crippen molar-refractivity contribution in [2.75, 3.05) is 18.1 Å². The molecule has 8 heteroatoms. The van der Waals surface area contributed by atoms with E-state index in [4.69, 9.17) is 39.9 Å². The van der Waals surface area contributed by atoms with Gasteiger partial charge in [-0.2, -0.15) is 5.10 Å². The molecule has 0 saturated carbocycles. The van der Waals surface area contributed by atoms with E-state index < -0.39 is 0 Å². The molecule has 164 valence electrons. The summed E-state index contributed by atoms with van der Waals surface area (Å²) in [5, 5.41) is 10.2. The zero-order chi connectivity index (χ0) is 22.1. The first-order valence-corrected chi connectivity index (χ1v) is 11.6. The van der Waals surface area contributed by atoms with Crippen LogP contribution in [0.15, 0.2) is 47.6 Å². The Hall–Kier alpha value is -1.79. The number of piperidine rings is 1. The van der Waals surface area contributed by atoms with Crippen molar-refractivity contribution in [2.45, 2.75) is 32.7 Å². The molecule has 4 rings (SSSR count). The van der Waals surface area contributed by atoms with E-state index in [0.717, 1.165) is 31.5 Å².